The molecule has 34 heavy (non-hydrogen) atoms. The minimum absolute atomic E-state index is 0.0316. The van der Waals surface area contributed by atoms with Gasteiger partial charge < -0.3 is 19.2 Å². The Kier molecular flexibility index (Phi) is 8.10. The first-order valence-corrected chi connectivity index (χ1v) is 11.3. The Labute approximate surface area is 200 Å². The molecular weight excluding hydrogens is 477 g/mol. The van der Waals surface area contributed by atoms with E-state index in [0.717, 1.165) is 16.7 Å². The fourth-order valence-corrected chi connectivity index (χ4v) is 4.12. The third-order valence-corrected chi connectivity index (χ3v) is 5.85. The summed E-state index contributed by atoms with van der Waals surface area (Å²) in [7, 11) is 0. The van der Waals surface area contributed by atoms with Gasteiger partial charge in [0.25, 0.3) is 5.89 Å². The molecule has 0 radical (unpaired) electrons. The number of nitrogens with zero attached hydrogens (tertiary/aromatic N) is 4. The van der Waals surface area contributed by atoms with Crippen LogP contribution >= 0.6 is 11.6 Å². The highest BCUT2D eigenvalue weighted by Crippen LogP contribution is 2.32. The van der Waals surface area contributed by atoms with Crippen LogP contribution in [0.5, 0.6) is 0 Å². The van der Waals surface area contributed by atoms with Gasteiger partial charge in [0.1, 0.15) is 0 Å². The highest BCUT2D eigenvalue weighted by Gasteiger charge is 2.43. The van der Waals surface area contributed by atoms with Crippen LogP contribution in [0.4, 0.5) is 18.0 Å². The quantitative estimate of drug-likeness (QED) is 0.628. The van der Waals surface area contributed by atoms with Crippen molar-refractivity contribution >= 4 is 17.7 Å². The maximum atomic E-state index is 12.7. The second kappa shape index (κ2) is 10.5. The van der Waals surface area contributed by atoms with E-state index in [1.807, 2.05) is 33.8 Å². The molecule has 1 N–H and O–H groups in total. The summed E-state index contributed by atoms with van der Waals surface area (Å²) in [6.07, 6.45) is -8.16. The van der Waals surface area contributed by atoms with E-state index >= 15 is 0 Å². The van der Waals surface area contributed by atoms with Crippen LogP contribution in [-0.2, 0) is 17.7 Å². The Balaban J connectivity index is 1.70. The van der Waals surface area contributed by atoms with Crippen LogP contribution in [0.25, 0.3) is 0 Å². The molecule has 12 heteroatoms. The number of alkyl halides is 3. The lowest BCUT2D eigenvalue weighted by Crippen LogP contribution is -2.54. The van der Waals surface area contributed by atoms with Gasteiger partial charge in [0.05, 0.1) is 12.5 Å². The molecule has 1 aliphatic heterocycles. The number of piperazine rings is 1. The number of aliphatic hydroxyl groups excluding tert-OH is 1. The van der Waals surface area contributed by atoms with E-state index in [1.165, 1.54) is 0 Å². The summed E-state index contributed by atoms with van der Waals surface area (Å²) in [5.41, 5.74) is 2.57. The van der Waals surface area contributed by atoms with Crippen molar-refractivity contribution in [3.63, 3.8) is 0 Å². The summed E-state index contributed by atoms with van der Waals surface area (Å²) >= 11 is 6.32. The predicted octanol–water partition coefficient (Wildman–Crippen LogP) is 4.27. The lowest BCUT2D eigenvalue weighted by molar-refractivity contribution is -0.213. The van der Waals surface area contributed by atoms with E-state index in [1.54, 1.807) is 11.0 Å². The molecule has 0 bridgehead atoms. The number of hydrogen-bond donors (Lipinski definition) is 1. The second-order valence-corrected chi connectivity index (χ2v) is 9.15. The fourth-order valence-electron chi connectivity index (χ4n) is 3.85. The van der Waals surface area contributed by atoms with Gasteiger partial charge in [0, 0.05) is 37.2 Å². The first-order chi connectivity index (χ1) is 15.8. The van der Waals surface area contributed by atoms with Gasteiger partial charge in [0.15, 0.2) is 0 Å². The number of carbonyl (C=O) groups is 1. The summed E-state index contributed by atoms with van der Waals surface area (Å²) < 4.78 is 48.4. The summed E-state index contributed by atoms with van der Waals surface area (Å²) in [5, 5.41) is 16.7. The zero-order chi connectivity index (χ0) is 25.2. The van der Waals surface area contributed by atoms with Crippen LogP contribution in [0.1, 0.15) is 55.3 Å². The molecule has 8 nitrogen and oxygen atoms in total. The topological polar surface area (TPSA) is 91.9 Å². The van der Waals surface area contributed by atoms with Gasteiger partial charge >= 0.3 is 12.3 Å². The maximum Gasteiger partial charge on any atom is 0.423 e. The summed E-state index contributed by atoms with van der Waals surface area (Å²) in [6.45, 7) is 9.90. The molecule has 3 rings (SSSR count). The average Bonchev–Trinajstić information content (AvgIpc) is 3.18. The van der Waals surface area contributed by atoms with Crippen molar-refractivity contribution in [1.29, 1.82) is 0 Å². The first kappa shape index (κ1) is 26.2. The van der Waals surface area contributed by atoms with Gasteiger partial charge in [-0.1, -0.05) is 11.6 Å². The standard InChI is InChI=1S/C22H28ClF3N4O4/c1-12(2)33-21(32)30-6-5-29(10-13(30)3)11-16-8-17(23)7-15(14(16)4)9-18-27-28-20(34-18)19(31)22(24,25)26/h7-8,12-13,19,31H,5-6,9-11H2,1-4H3/t13-,19?/m0/s1. The number of aliphatic hydroxyl groups is 1. The number of rotatable bonds is 6. The van der Waals surface area contributed by atoms with Gasteiger partial charge in [-0.3, -0.25) is 4.90 Å². The molecule has 2 atom stereocenters. The van der Waals surface area contributed by atoms with Crippen LogP contribution < -0.4 is 0 Å². The molecule has 1 amide bonds. The van der Waals surface area contributed by atoms with Gasteiger partial charge in [-0.15, -0.1) is 10.2 Å². The van der Waals surface area contributed by atoms with Gasteiger partial charge in [-0.2, -0.15) is 13.2 Å². The van der Waals surface area contributed by atoms with E-state index in [0.29, 0.717) is 31.2 Å². The monoisotopic (exact) mass is 504 g/mol. The third kappa shape index (κ3) is 6.39. The molecule has 0 aliphatic carbocycles. The Hall–Kier alpha value is -2.37. The van der Waals surface area contributed by atoms with Crippen LogP contribution in [0.15, 0.2) is 16.5 Å². The van der Waals surface area contributed by atoms with Gasteiger partial charge in [0.2, 0.25) is 12.0 Å². The van der Waals surface area contributed by atoms with Crippen LogP contribution in [0.3, 0.4) is 0 Å². The summed E-state index contributed by atoms with van der Waals surface area (Å²) in [4.78, 5) is 16.2. The highest BCUT2D eigenvalue weighted by molar-refractivity contribution is 6.30. The largest absolute Gasteiger partial charge is 0.447 e. The SMILES string of the molecule is Cc1c(Cc2nnc(C(O)C(F)(F)F)o2)cc(Cl)cc1CN1CCN(C(=O)OC(C)C)[C@@H](C)C1. The molecule has 1 saturated heterocycles. The number of benzene rings is 1. The minimum atomic E-state index is -4.89. The molecule has 2 heterocycles. The number of ether oxygens (including phenoxy) is 1. The van der Waals surface area contributed by atoms with Crippen molar-refractivity contribution in [3.05, 3.63) is 45.6 Å². The first-order valence-electron chi connectivity index (χ1n) is 10.9. The van der Waals surface area contributed by atoms with E-state index in [9.17, 15) is 23.1 Å². The fraction of sp³-hybridized carbons (Fsp3) is 0.591. The molecular formula is C22H28ClF3N4O4. The molecule has 1 fully saturated rings. The van der Waals surface area contributed by atoms with E-state index in [2.05, 4.69) is 15.1 Å². The van der Waals surface area contributed by atoms with Crippen molar-refractivity contribution < 1.29 is 32.2 Å². The summed E-state index contributed by atoms with van der Waals surface area (Å²) in [5.74, 6) is -0.953. The molecule has 188 valence electrons. The molecule has 1 aliphatic rings. The Morgan fingerprint density at radius 3 is 2.59 bits per heavy atom. The maximum absolute atomic E-state index is 12.7. The molecule has 2 aromatic rings. The zero-order valence-corrected chi connectivity index (χ0v) is 20.2. The Bertz CT molecular complexity index is 1010. The van der Waals surface area contributed by atoms with Gasteiger partial charge in [-0.25, -0.2) is 4.79 Å². The third-order valence-electron chi connectivity index (χ3n) is 5.63. The van der Waals surface area contributed by atoms with Crippen LogP contribution in [-0.4, -0.2) is 69.2 Å². The number of amides is 1. The Morgan fingerprint density at radius 1 is 1.29 bits per heavy atom. The predicted molar refractivity (Wildman–Crippen MR) is 117 cm³/mol. The van der Waals surface area contributed by atoms with Gasteiger partial charge in [-0.05, 0) is 56.5 Å². The zero-order valence-electron chi connectivity index (χ0n) is 19.4. The van der Waals surface area contributed by atoms with E-state index in [-0.39, 0.29) is 30.6 Å². The van der Waals surface area contributed by atoms with E-state index in [4.69, 9.17) is 20.8 Å². The van der Waals surface area contributed by atoms with Crippen molar-refractivity contribution in [3.8, 4) is 0 Å². The van der Waals surface area contributed by atoms with Crippen molar-refractivity contribution in [2.24, 2.45) is 0 Å². The van der Waals surface area contributed by atoms with Crippen LogP contribution in [0, 0.1) is 6.92 Å². The second-order valence-electron chi connectivity index (χ2n) is 8.71. The van der Waals surface area contributed by atoms with E-state index < -0.39 is 18.2 Å². The molecule has 0 spiro atoms. The lowest BCUT2D eigenvalue weighted by Gasteiger charge is -2.39. The van der Waals surface area contributed by atoms with Crippen molar-refractivity contribution in [2.45, 2.75) is 65.1 Å². The average molecular weight is 505 g/mol. The van der Waals surface area contributed by atoms with Crippen LogP contribution in [0.2, 0.25) is 5.02 Å². The smallest absolute Gasteiger partial charge is 0.423 e. The Morgan fingerprint density at radius 2 is 1.97 bits per heavy atom. The summed E-state index contributed by atoms with van der Waals surface area (Å²) in [6, 6.07) is 3.51. The lowest BCUT2D eigenvalue weighted by atomic mass is 9.99. The molecule has 1 unspecified atom stereocenters. The number of halogens is 4. The number of aromatic nitrogens is 2. The molecule has 0 saturated carbocycles. The highest BCUT2D eigenvalue weighted by atomic mass is 35.5. The minimum Gasteiger partial charge on any atom is -0.447 e. The van der Waals surface area contributed by atoms with Crippen molar-refractivity contribution in [1.82, 2.24) is 20.0 Å². The number of hydrogen-bond acceptors (Lipinski definition) is 7. The molecule has 1 aromatic carbocycles. The molecule has 1 aromatic heterocycles. The normalized spacial score (nSPS) is 18.4. The van der Waals surface area contributed by atoms with Crippen molar-refractivity contribution in [2.75, 3.05) is 19.6 Å². The number of carbonyl (C=O) groups excluding carboxylic acids is 1.